The van der Waals surface area contributed by atoms with Crippen molar-refractivity contribution in [3.05, 3.63) is 23.2 Å². The molecule has 2 rings (SSSR count). The Morgan fingerprint density at radius 2 is 2.27 bits per heavy atom. The molecule has 0 saturated heterocycles. The summed E-state index contributed by atoms with van der Waals surface area (Å²) in [5.74, 6) is 0. The average molecular weight is 323 g/mol. The number of carbonyl (C=O) groups excluding carboxylic acids is 2. The van der Waals surface area contributed by atoms with Crippen molar-refractivity contribution in [2.24, 2.45) is 0 Å². The Morgan fingerprint density at radius 1 is 1.50 bits per heavy atom. The largest absolute Gasteiger partial charge is 0.336 e. The van der Waals surface area contributed by atoms with Gasteiger partial charge in [0.25, 0.3) is 0 Å². The highest BCUT2D eigenvalue weighted by Gasteiger charge is 2.24. The molecule has 1 aromatic rings. The third-order valence-electron chi connectivity index (χ3n) is 3.06. The van der Waals surface area contributed by atoms with Crippen LogP contribution in [0, 0.1) is 0 Å². The summed E-state index contributed by atoms with van der Waals surface area (Å²) in [6.07, 6.45) is 2.34. The summed E-state index contributed by atoms with van der Waals surface area (Å²) in [5, 5.41) is 8.82. The molecule has 8 heteroatoms. The standard InChI is InChI=1S/C14H21N5O2S/c1-4-6-15-14(21)19-7-5-10-11(8-19)22-13(17-10)18-12(20)16-9(2)3/h4,9H,1,5-8H2,2-3H3,(H,15,21)(H2,16,17,18,20). The average Bonchev–Trinajstić information content (AvgIpc) is 2.84. The van der Waals surface area contributed by atoms with Crippen LogP contribution in [0.15, 0.2) is 12.7 Å². The van der Waals surface area contributed by atoms with Gasteiger partial charge in [0.15, 0.2) is 5.13 Å². The van der Waals surface area contributed by atoms with E-state index >= 15 is 0 Å². The first-order chi connectivity index (χ1) is 10.5. The van der Waals surface area contributed by atoms with Gasteiger partial charge < -0.3 is 15.5 Å². The normalized spacial score (nSPS) is 13.5. The van der Waals surface area contributed by atoms with E-state index in [4.69, 9.17) is 0 Å². The highest BCUT2D eigenvalue weighted by Crippen LogP contribution is 2.28. The first-order valence-electron chi connectivity index (χ1n) is 7.19. The van der Waals surface area contributed by atoms with Crippen LogP contribution in [0.2, 0.25) is 0 Å². The second-order valence-electron chi connectivity index (χ2n) is 5.29. The van der Waals surface area contributed by atoms with Crippen molar-refractivity contribution >= 4 is 28.5 Å². The fraction of sp³-hybridized carbons (Fsp3) is 0.500. The summed E-state index contributed by atoms with van der Waals surface area (Å²) in [6, 6.07) is -0.300. The maximum Gasteiger partial charge on any atom is 0.321 e. The second kappa shape index (κ2) is 7.26. The van der Waals surface area contributed by atoms with E-state index in [1.54, 1.807) is 11.0 Å². The molecule has 4 amide bonds. The molecule has 0 spiro atoms. The summed E-state index contributed by atoms with van der Waals surface area (Å²) in [4.78, 5) is 30.8. The molecule has 2 heterocycles. The van der Waals surface area contributed by atoms with E-state index in [1.807, 2.05) is 13.8 Å². The molecule has 0 atom stereocenters. The van der Waals surface area contributed by atoms with Gasteiger partial charge in [-0.2, -0.15) is 0 Å². The monoisotopic (exact) mass is 323 g/mol. The Balaban J connectivity index is 1.96. The lowest BCUT2D eigenvalue weighted by Crippen LogP contribution is -2.42. The minimum atomic E-state index is -0.262. The van der Waals surface area contributed by atoms with Crippen molar-refractivity contribution in [1.82, 2.24) is 20.5 Å². The summed E-state index contributed by atoms with van der Waals surface area (Å²) in [7, 11) is 0. The molecule has 0 saturated carbocycles. The summed E-state index contributed by atoms with van der Waals surface area (Å²) < 4.78 is 0. The van der Waals surface area contributed by atoms with E-state index < -0.39 is 0 Å². The van der Waals surface area contributed by atoms with Crippen LogP contribution in [0.5, 0.6) is 0 Å². The zero-order chi connectivity index (χ0) is 16.1. The number of aromatic nitrogens is 1. The molecule has 1 aliphatic heterocycles. The minimum absolute atomic E-state index is 0.0682. The van der Waals surface area contributed by atoms with Gasteiger partial charge in [-0.25, -0.2) is 14.6 Å². The van der Waals surface area contributed by atoms with Crippen LogP contribution in [-0.2, 0) is 13.0 Å². The van der Waals surface area contributed by atoms with E-state index in [0.717, 1.165) is 10.6 Å². The number of thiazole rings is 1. The van der Waals surface area contributed by atoms with Crippen LogP contribution in [0.3, 0.4) is 0 Å². The molecule has 1 aromatic heterocycles. The highest BCUT2D eigenvalue weighted by molar-refractivity contribution is 7.15. The van der Waals surface area contributed by atoms with Gasteiger partial charge in [-0.05, 0) is 13.8 Å². The molecule has 0 fully saturated rings. The predicted octanol–water partition coefficient (Wildman–Crippen LogP) is 1.93. The molecule has 7 nitrogen and oxygen atoms in total. The van der Waals surface area contributed by atoms with Crippen molar-refractivity contribution in [3.63, 3.8) is 0 Å². The van der Waals surface area contributed by atoms with Crippen LogP contribution in [0.1, 0.15) is 24.4 Å². The molecule has 1 aliphatic rings. The Morgan fingerprint density at radius 3 is 2.95 bits per heavy atom. The number of nitrogens with one attached hydrogen (secondary N) is 3. The Bertz CT molecular complexity index is 570. The number of nitrogens with zero attached hydrogens (tertiary/aromatic N) is 2. The van der Waals surface area contributed by atoms with Crippen molar-refractivity contribution < 1.29 is 9.59 Å². The van der Waals surface area contributed by atoms with Crippen molar-refractivity contribution in [2.75, 3.05) is 18.4 Å². The summed E-state index contributed by atoms with van der Waals surface area (Å²) >= 11 is 1.41. The van der Waals surface area contributed by atoms with Gasteiger partial charge in [0.05, 0.1) is 12.2 Å². The first-order valence-corrected chi connectivity index (χ1v) is 8.01. The Kier molecular flexibility index (Phi) is 5.37. The number of carbonyl (C=O) groups is 2. The lowest BCUT2D eigenvalue weighted by atomic mass is 10.2. The SMILES string of the molecule is C=CCNC(=O)N1CCc2nc(NC(=O)NC(C)C)sc2C1. The number of hydrogen-bond acceptors (Lipinski definition) is 4. The molecule has 0 aromatic carbocycles. The van der Waals surface area contributed by atoms with E-state index in [0.29, 0.717) is 31.2 Å². The van der Waals surface area contributed by atoms with E-state index in [9.17, 15) is 9.59 Å². The lowest BCUT2D eigenvalue weighted by molar-refractivity contribution is 0.194. The van der Waals surface area contributed by atoms with Crippen LogP contribution in [0.25, 0.3) is 0 Å². The zero-order valence-electron chi connectivity index (χ0n) is 12.8. The highest BCUT2D eigenvalue weighted by atomic mass is 32.1. The topological polar surface area (TPSA) is 86.4 Å². The van der Waals surface area contributed by atoms with Crippen molar-refractivity contribution in [2.45, 2.75) is 32.9 Å². The molecule has 0 radical (unpaired) electrons. The van der Waals surface area contributed by atoms with Crippen molar-refractivity contribution in [1.29, 1.82) is 0 Å². The Hall–Kier alpha value is -2.09. The summed E-state index contributed by atoms with van der Waals surface area (Å²) in [5.41, 5.74) is 0.956. The number of hydrogen-bond donors (Lipinski definition) is 3. The smallest absolute Gasteiger partial charge is 0.321 e. The van der Waals surface area contributed by atoms with E-state index in [-0.39, 0.29) is 18.1 Å². The molecule has 120 valence electrons. The van der Waals surface area contributed by atoms with Crippen LogP contribution < -0.4 is 16.0 Å². The number of fused-ring (bicyclic) bond motifs is 1. The molecule has 0 bridgehead atoms. The van der Waals surface area contributed by atoms with Gasteiger partial charge in [0, 0.05) is 30.4 Å². The minimum Gasteiger partial charge on any atom is -0.336 e. The lowest BCUT2D eigenvalue weighted by Gasteiger charge is -2.25. The van der Waals surface area contributed by atoms with Gasteiger partial charge in [0.1, 0.15) is 0 Å². The molecule has 3 N–H and O–H groups in total. The number of rotatable bonds is 4. The van der Waals surface area contributed by atoms with Crippen LogP contribution in [-0.4, -0.2) is 41.1 Å². The number of urea groups is 2. The maximum absolute atomic E-state index is 11.9. The summed E-state index contributed by atoms with van der Waals surface area (Å²) in [6.45, 7) is 8.96. The molecule has 0 aliphatic carbocycles. The predicted molar refractivity (Wildman–Crippen MR) is 87.1 cm³/mol. The first kappa shape index (κ1) is 16.3. The number of amides is 4. The molecular weight excluding hydrogens is 302 g/mol. The third-order valence-corrected chi connectivity index (χ3v) is 4.05. The van der Waals surface area contributed by atoms with E-state index in [1.165, 1.54) is 11.3 Å². The molecule has 0 unspecified atom stereocenters. The maximum atomic E-state index is 11.9. The van der Waals surface area contributed by atoms with Crippen LogP contribution >= 0.6 is 11.3 Å². The third kappa shape index (κ3) is 4.20. The fourth-order valence-electron chi connectivity index (χ4n) is 2.09. The molecule has 22 heavy (non-hydrogen) atoms. The van der Waals surface area contributed by atoms with Gasteiger partial charge in [-0.1, -0.05) is 17.4 Å². The van der Waals surface area contributed by atoms with Gasteiger partial charge in [0.2, 0.25) is 0 Å². The fourth-order valence-corrected chi connectivity index (χ4v) is 3.11. The second-order valence-corrected chi connectivity index (χ2v) is 6.37. The molecular formula is C14H21N5O2S. The van der Waals surface area contributed by atoms with Crippen LogP contribution in [0.4, 0.5) is 14.7 Å². The van der Waals surface area contributed by atoms with Crippen molar-refractivity contribution in [3.8, 4) is 0 Å². The van der Waals surface area contributed by atoms with Gasteiger partial charge in [-0.15, -0.1) is 6.58 Å². The van der Waals surface area contributed by atoms with Gasteiger partial charge >= 0.3 is 12.1 Å². The zero-order valence-corrected chi connectivity index (χ0v) is 13.6. The quantitative estimate of drug-likeness (QED) is 0.740. The van der Waals surface area contributed by atoms with Gasteiger partial charge in [-0.3, -0.25) is 5.32 Å². The van der Waals surface area contributed by atoms with E-state index in [2.05, 4.69) is 27.5 Å². The number of anilines is 1. The Labute approximate surface area is 133 Å².